The van der Waals surface area contributed by atoms with Crippen molar-refractivity contribution in [2.45, 2.75) is 11.8 Å². The van der Waals surface area contributed by atoms with Gasteiger partial charge in [0.15, 0.2) is 0 Å². The maximum Gasteiger partial charge on any atom is 0.335 e. The second-order valence-electron chi connectivity index (χ2n) is 3.99. The van der Waals surface area contributed by atoms with Gasteiger partial charge in [0.2, 0.25) is 0 Å². The SMILES string of the molecule is Cc1cc(=O)n(C(=O)CSc2ccc(C(=O)O)cc2)o1. The van der Waals surface area contributed by atoms with Gasteiger partial charge < -0.3 is 9.63 Å². The van der Waals surface area contributed by atoms with Gasteiger partial charge in [-0.1, -0.05) is 0 Å². The van der Waals surface area contributed by atoms with Gasteiger partial charge in [0.1, 0.15) is 5.76 Å². The van der Waals surface area contributed by atoms with E-state index in [9.17, 15) is 14.4 Å². The summed E-state index contributed by atoms with van der Waals surface area (Å²) in [5, 5.41) is 8.76. The number of thioether (sulfide) groups is 1. The zero-order chi connectivity index (χ0) is 14.7. The topological polar surface area (TPSA) is 89.5 Å². The van der Waals surface area contributed by atoms with Crippen molar-refractivity contribution in [1.82, 2.24) is 4.74 Å². The Balaban J connectivity index is 2.01. The number of hydrogen-bond donors (Lipinski definition) is 1. The molecule has 0 aliphatic carbocycles. The Kier molecular flexibility index (Phi) is 4.09. The molecule has 0 radical (unpaired) electrons. The minimum Gasteiger partial charge on any atom is -0.478 e. The number of aryl methyl sites for hydroxylation is 1. The third-order valence-corrected chi connectivity index (χ3v) is 3.45. The molecule has 0 amide bonds. The van der Waals surface area contributed by atoms with Crippen molar-refractivity contribution in [2.24, 2.45) is 0 Å². The first kappa shape index (κ1) is 14.1. The van der Waals surface area contributed by atoms with E-state index in [0.29, 0.717) is 10.5 Å². The van der Waals surface area contributed by atoms with Gasteiger partial charge in [-0.25, -0.2) is 4.79 Å². The highest BCUT2D eigenvalue weighted by molar-refractivity contribution is 8.00. The number of nitrogens with zero attached hydrogens (tertiary/aromatic N) is 1. The van der Waals surface area contributed by atoms with E-state index in [-0.39, 0.29) is 11.3 Å². The number of carbonyl (C=O) groups is 2. The number of aromatic carboxylic acids is 1. The van der Waals surface area contributed by atoms with Gasteiger partial charge in [-0.15, -0.1) is 16.5 Å². The zero-order valence-corrected chi connectivity index (χ0v) is 11.3. The first-order chi connectivity index (χ1) is 9.47. The fourth-order valence-corrected chi connectivity index (χ4v) is 2.26. The standard InChI is InChI=1S/C13H11NO5S/c1-8-6-11(15)14(19-8)12(16)7-20-10-4-2-9(3-5-10)13(17)18/h2-6H,7H2,1H3,(H,17,18). The molecule has 1 aromatic heterocycles. The van der Waals surface area contributed by atoms with Crippen molar-refractivity contribution in [3.8, 4) is 0 Å². The van der Waals surface area contributed by atoms with Crippen LogP contribution >= 0.6 is 11.8 Å². The predicted molar refractivity (Wildman–Crippen MR) is 72.5 cm³/mol. The summed E-state index contributed by atoms with van der Waals surface area (Å²) < 4.78 is 5.69. The molecule has 1 heterocycles. The Bertz CT molecular complexity index is 698. The molecule has 0 bridgehead atoms. The van der Waals surface area contributed by atoms with Crippen molar-refractivity contribution < 1.29 is 19.2 Å². The number of rotatable bonds is 4. The number of aromatic nitrogens is 1. The van der Waals surface area contributed by atoms with Gasteiger partial charge in [-0.3, -0.25) is 9.59 Å². The molecular weight excluding hydrogens is 282 g/mol. The molecule has 0 aliphatic heterocycles. The van der Waals surface area contributed by atoms with Crippen LogP contribution in [0.5, 0.6) is 0 Å². The largest absolute Gasteiger partial charge is 0.478 e. The van der Waals surface area contributed by atoms with E-state index in [1.165, 1.54) is 30.0 Å². The van der Waals surface area contributed by atoms with Crippen molar-refractivity contribution in [3.63, 3.8) is 0 Å². The third-order valence-electron chi connectivity index (χ3n) is 2.45. The van der Waals surface area contributed by atoms with Crippen LogP contribution in [0.2, 0.25) is 0 Å². The van der Waals surface area contributed by atoms with E-state index in [1.54, 1.807) is 19.1 Å². The Morgan fingerprint density at radius 3 is 2.45 bits per heavy atom. The maximum absolute atomic E-state index is 11.8. The number of benzene rings is 1. The summed E-state index contributed by atoms with van der Waals surface area (Å²) in [5.74, 6) is -1.07. The van der Waals surface area contributed by atoms with Gasteiger partial charge in [0, 0.05) is 11.0 Å². The molecule has 0 spiro atoms. The third kappa shape index (κ3) is 3.18. The summed E-state index contributed by atoms with van der Waals surface area (Å²) in [7, 11) is 0. The van der Waals surface area contributed by atoms with Gasteiger partial charge >= 0.3 is 5.97 Å². The van der Waals surface area contributed by atoms with Crippen LogP contribution in [0.3, 0.4) is 0 Å². The monoisotopic (exact) mass is 293 g/mol. The van der Waals surface area contributed by atoms with Gasteiger partial charge in [-0.05, 0) is 31.2 Å². The van der Waals surface area contributed by atoms with E-state index in [1.807, 2.05) is 0 Å². The zero-order valence-electron chi connectivity index (χ0n) is 10.5. The summed E-state index contributed by atoms with van der Waals surface area (Å²) in [5.41, 5.74) is -0.312. The van der Waals surface area contributed by atoms with Crippen molar-refractivity contribution in [3.05, 3.63) is 52.0 Å². The Morgan fingerprint density at radius 2 is 1.95 bits per heavy atom. The summed E-state index contributed by atoms with van der Waals surface area (Å²) in [6, 6.07) is 7.37. The van der Waals surface area contributed by atoms with E-state index in [0.717, 1.165) is 4.90 Å². The Labute approximate surface area is 118 Å². The lowest BCUT2D eigenvalue weighted by Gasteiger charge is -2.01. The summed E-state index contributed by atoms with van der Waals surface area (Å²) in [6.45, 7) is 1.59. The van der Waals surface area contributed by atoms with E-state index in [2.05, 4.69) is 0 Å². The van der Waals surface area contributed by atoms with Crippen LogP contribution in [-0.2, 0) is 0 Å². The summed E-state index contributed by atoms with van der Waals surface area (Å²) >= 11 is 1.20. The Hall–Kier alpha value is -2.28. The highest BCUT2D eigenvalue weighted by atomic mass is 32.2. The molecule has 7 heteroatoms. The molecule has 1 N–H and O–H groups in total. The second-order valence-corrected chi connectivity index (χ2v) is 5.04. The van der Waals surface area contributed by atoms with E-state index in [4.69, 9.17) is 9.63 Å². The summed E-state index contributed by atoms with van der Waals surface area (Å²) in [4.78, 5) is 34.6. The molecule has 1 aromatic carbocycles. The fourth-order valence-electron chi connectivity index (χ4n) is 1.52. The Morgan fingerprint density at radius 1 is 1.30 bits per heavy atom. The normalized spacial score (nSPS) is 10.4. The molecule has 0 atom stereocenters. The number of carbonyl (C=O) groups excluding carboxylic acids is 1. The van der Waals surface area contributed by atoms with Crippen LogP contribution in [0, 0.1) is 6.92 Å². The van der Waals surface area contributed by atoms with Crippen molar-refractivity contribution in [2.75, 3.05) is 5.75 Å². The van der Waals surface area contributed by atoms with E-state index < -0.39 is 17.4 Å². The second kappa shape index (κ2) is 5.79. The van der Waals surface area contributed by atoms with Gasteiger partial charge in [0.05, 0.1) is 11.3 Å². The van der Waals surface area contributed by atoms with Gasteiger partial charge in [0.25, 0.3) is 11.5 Å². The molecule has 0 fully saturated rings. The number of carboxylic acid groups (broad SMARTS) is 1. The molecule has 0 saturated heterocycles. The highest BCUT2D eigenvalue weighted by Crippen LogP contribution is 2.18. The average molecular weight is 293 g/mol. The quantitative estimate of drug-likeness (QED) is 0.866. The lowest BCUT2D eigenvalue weighted by Crippen LogP contribution is -2.23. The van der Waals surface area contributed by atoms with Crippen LogP contribution in [-0.4, -0.2) is 27.5 Å². The highest BCUT2D eigenvalue weighted by Gasteiger charge is 2.12. The predicted octanol–water partition coefficient (Wildman–Crippen LogP) is 1.88. The number of hydrogen-bond acceptors (Lipinski definition) is 5. The molecular formula is C13H11NO5S. The smallest absolute Gasteiger partial charge is 0.335 e. The molecule has 0 aliphatic rings. The van der Waals surface area contributed by atoms with Crippen LogP contribution < -0.4 is 5.56 Å². The van der Waals surface area contributed by atoms with Crippen LogP contribution in [0.25, 0.3) is 0 Å². The fraction of sp³-hybridized carbons (Fsp3) is 0.154. The maximum atomic E-state index is 11.8. The molecule has 2 rings (SSSR count). The van der Waals surface area contributed by atoms with Gasteiger partial charge in [-0.2, -0.15) is 0 Å². The van der Waals surface area contributed by atoms with Crippen LogP contribution in [0.15, 0.2) is 44.5 Å². The molecule has 0 saturated carbocycles. The average Bonchev–Trinajstić information content (AvgIpc) is 2.75. The van der Waals surface area contributed by atoms with E-state index >= 15 is 0 Å². The van der Waals surface area contributed by atoms with Crippen LogP contribution in [0.4, 0.5) is 0 Å². The minimum absolute atomic E-state index is 0.0271. The van der Waals surface area contributed by atoms with Crippen molar-refractivity contribution >= 4 is 23.6 Å². The molecule has 2 aromatic rings. The molecule has 20 heavy (non-hydrogen) atoms. The molecule has 104 valence electrons. The number of carboxylic acids is 1. The minimum atomic E-state index is -1.00. The molecule has 6 nitrogen and oxygen atoms in total. The summed E-state index contributed by atoms with van der Waals surface area (Å²) in [6.07, 6.45) is 0. The van der Waals surface area contributed by atoms with Crippen LogP contribution in [0.1, 0.15) is 20.9 Å². The van der Waals surface area contributed by atoms with Crippen molar-refractivity contribution in [1.29, 1.82) is 0 Å². The first-order valence-corrected chi connectivity index (χ1v) is 6.65. The first-order valence-electron chi connectivity index (χ1n) is 5.66. The molecule has 0 unspecified atom stereocenters. The lowest BCUT2D eigenvalue weighted by molar-refractivity contribution is 0.0696. The lowest BCUT2D eigenvalue weighted by atomic mass is 10.2.